The summed E-state index contributed by atoms with van der Waals surface area (Å²) in [7, 11) is 1.65. The second-order valence-electron chi connectivity index (χ2n) is 4.97. The number of nitrogens with two attached hydrogens (primary N) is 1. The van der Waals surface area contributed by atoms with Gasteiger partial charge in [-0.15, -0.1) is 12.4 Å². The molecule has 0 spiro atoms. The first-order valence-electron chi connectivity index (χ1n) is 7.26. The van der Waals surface area contributed by atoms with Crippen LogP contribution in [0.25, 0.3) is 0 Å². The topological polar surface area (TPSA) is 55.6 Å². The van der Waals surface area contributed by atoms with Gasteiger partial charge in [0.25, 0.3) is 0 Å². The summed E-state index contributed by atoms with van der Waals surface area (Å²) < 4.78 is 5.07. The van der Waals surface area contributed by atoms with E-state index in [-0.39, 0.29) is 18.3 Å². The molecule has 0 saturated heterocycles. The zero-order valence-electron chi connectivity index (χ0n) is 13.0. The van der Waals surface area contributed by atoms with Gasteiger partial charge in [0, 0.05) is 20.2 Å². The smallest absolute Gasteiger partial charge is 0.239 e. The third-order valence-corrected chi connectivity index (χ3v) is 3.27. The zero-order valence-corrected chi connectivity index (χ0v) is 13.8. The number of methoxy groups -OCH3 is 1. The molecular formula is C16H27ClN2O2. The summed E-state index contributed by atoms with van der Waals surface area (Å²) in [6, 6.07) is 9.41. The van der Waals surface area contributed by atoms with Crippen molar-refractivity contribution in [2.24, 2.45) is 5.73 Å². The van der Waals surface area contributed by atoms with Crippen LogP contribution in [0.3, 0.4) is 0 Å². The number of carbonyl (C=O) groups excluding carboxylic acids is 1. The van der Waals surface area contributed by atoms with Crippen LogP contribution in [0.4, 0.5) is 0 Å². The fourth-order valence-corrected chi connectivity index (χ4v) is 2.07. The van der Waals surface area contributed by atoms with E-state index in [4.69, 9.17) is 10.5 Å². The summed E-state index contributed by atoms with van der Waals surface area (Å²) >= 11 is 0. The van der Waals surface area contributed by atoms with Gasteiger partial charge in [0.15, 0.2) is 0 Å². The third kappa shape index (κ3) is 7.46. The zero-order chi connectivity index (χ0) is 14.8. The Morgan fingerprint density at radius 1 is 1.29 bits per heavy atom. The number of rotatable bonds is 9. The van der Waals surface area contributed by atoms with Crippen molar-refractivity contribution in [3.63, 3.8) is 0 Å². The molecule has 0 fully saturated rings. The van der Waals surface area contributed by atoms with Crippen LogP contribution in [-0.4, -0.2) is 43.7 Å². The minimum Gasteiger partial charge on any atom is -0.383 e. The second-order valence-corrected chi connectivity index (χ2v) is 4.97. The fourth-order valence-electron chi connectivity index (χ4n) is 2.07. The molecule has 21 heavy (non-hydrogen) atoms. The first kappa shape index (κ1) is 19.9. The average molecular weight is 315 g/mol. The van der Waals surface area contributed by atoms with Gasteiger partial charge in [0.2, 0.25) is 5.91 Å². The molecule has 1 atom stereocenters. The molecule has 1 aromatic rings. The highest BCUT2D eigenvalue weighted by atomic mass is 35.5. The molecule has 0 unspecified atom stereocenters. The van der Waals surface area contributed by atoms with Gasteiger partial charge in [-0.2, -0.15) is 0 Å². The Morgan fingerprint density at radius 3 is 2.52 bits per heavy atom. The Morgan fingerprint density at radius 2 is 1.95 bits per heavy atom. The van der Waals surface area contributed by atoms with E-state index in [1.165, 1.54) is 0 Å². The van der Waals surface area contributed by atoms with Crippen LogP contribution in [0.15, 0.2) is 30.3 Å². The maximum atomic E-state index is 12.4. The molecule has 5 heteroatoms. The molecule has 0 aliphatic rings. The highest BCUT2D eigenvalue weighted by molar-refractivity contribution is 5.85. The third-order valence-electron chi connectivity index (χ3n) is 3.27. The molecule has 1 rings (SSSR count). The monoisotopic (exact) mass is 314 g/mol. The number of carbonyl (C=O) groups is 1. The lowest BCUT2D eigenvalue weighted by Crippen LogP contribution is -2.46. The standard InChI is InChI=1S/C16H26N2O2.ClH/c1-3-4-10-18(11-12-20-2)16(19)15(17)13-14-8-6-5-7-9-14;/h5-9,15H,3-4,10-13,17H2,1-2H3;1H/t15-;/m0./s1. The van der Waals surface area contributed by atoms with Crippen LogP contribution in [-0.2, 0) is 16.0 Å². The van der Waals surface area contributed by atoms with Crippen molar-refractivity contribution in [2.75, 3.05) is 26.8 Å². The number of halogens is 1. The van der Waals surface area contributed by atoms with Gasteiger partial charge in [-0.3, -0.25) is 4.79 Å². The highest BCUT2D eigenvalue weighted by Gasteiger charge is 2.20. The number of unbranched alkanes of at least 4 members (excludes halogenated alkanes) is 1. The number of ether oxygens (including phenoxy) is 1. The van der Waals surface area contributed by atoms with Crippen LogP contribution in [0.5, 0.6) is 0 Å². The minimum absolute atomic E-state index is 0. The van der Waals surface area contributed by atoms with E-state index in [0.717, 1.165) is 24.9 Å². The molecule has 0 heterocycles. The molecule has 120 valence electrons. The fraction of sp³-hybridized carbons (Fsp3) is 0.562. The van der Waals surface area contributed by atoms with Crippen molar-refractivity contribution < 1.29 is 9.53 Å². The van der Waals surface area contributed by atoms with Crippen LogP contribution in [0, 0.1) is 0 Å². The number of nitrogens with zero attached hydrogens (tertiary/aromatic N) is 1. The van der Waals surface area contributed by atoms with Crippen molar-refractivity contribution >= 4 is 18.3 Å². The van der Waals surface area contributed by atoms with Gasteiger partial charge >= 0.3 is 0 Å². The SMILES string of the molecule is CCCCN(CCOC)C(=O)[C@@H](N)Cc1ccccc1.Cl. The predicted octanol–water partition coefficient (Wildman–Crippen LogP) is 2.25. The highest BCUT2D eigenvalue weighted by Crippen LogP contribution is 2.05. The van der Waals surface area contributed by atoms with Gasteiger partial charge in [-0.05, 0) is 18.4 Å². The first-order valence-corrected chi connectivity index (χ1v) is 7.26. The average Bonchev–Trinajstić information content (AvgIpc) is 2.48. The van der Waals surface area contributed by atoms with Crippen LogP contribution >= 0.6 is 12.4 Å². The van der Waals surface area contributed by atoms with Crippen LogP contribution < -0.4 is 5.73 Å². The van der Waals surface area contributed by atoms with Crippen molar-refractivity contribution in [3.8, 4) is 0 Å². The number of benzene rings is 1. The van der Waals surface area contributed by atoms with Gasteiger partial charge in [0.1, 0.15) is 0 Å². The number of hydrogen-bond donors (Lipinski definition) is 1. The van der Waals surface area contributed by atoms with E-state index in [1.807, 2.05) is 35.2 Å². The lowest BCUT2D eigenvalue weighted by Gasteiger charge is -2.25. The van der Waals surface area contributed by atoms with Crippen molar-refractivity contribution in [2.45, 2.75) is 32.2 Å². The Labute approximate surface area is 134 Å². The number of hydrogen-bond acceptors (Lipinski definition) is 3. The maximum absolute atomic E-state index is 12.4. The molecule has 0 aromatic heterocycles. The van der Waals surface area contributed by atoms with E-state index >= 15 is 0 Å². The van der Waals surface area contributed by atoms with Gasteiger partial charge in [0.05, 0.1) is 12.6 Å². The summed E-state index contributed by atoms with van der Waals surface area (Å²) in [4.78, 5) is 14.2. The summed E-state index contributed by atoms with van der Waals surface area (Å²) in [6.07, 6.45) is 2.63. The van der Waals surface area contributed by atoms with E-state index in [1.54, 1.807) is 7.11 Å². The van der Waals surface area contributed by atoms with E-state index < -0.39 is 6.04 Å². The van der Waals surface area contributed by atoms with E-state index in [0.29, 0.717) is 19.6 Å². The molecule has 1 aromatic carbocycles. The largest absolute Gasteiger partial charge is 0.383 e. The molecule has 0 radical (unpaired) electrons. The summed E-state index contributed by atoms with van der Waals surface area (Å²) in [6.45, 7) is 4.02. The Balaban J connectivity index is 0.00000400. The first-order chi connectivity index (χ1) is 9.69. The lowest BCUT2D eigenvalue weighted by atomic mass is 10.1. The molecule has 0 aliphatic carbocycles. The second kappa shape index (κ2) is 11.5. The number of amides is 1. The quantitative estimate of drug-likeness (QED) is 0.760. The normalized spacial score (nSPS) is 11.6. The van der Waals surface area contributed by atoms with Crippen molar-refractivity contribution in [1.82, 2.24) is 4.90 Å². The predicted molar refractivity (Wildman–Crippen MR) is 88.7 cm³/mol. The summed E-state index contributed by atoms with van der Waals surface area (Å²) in [5, 5.41) is 0. The summed E-state index contributed by atoms with van der Waals surface area (Å²) in [5.41, 5.74) is 7.15. The Hall–Kier alpha value is -1.10. The maximum Gasteiger partial charge on any atom is 0.239 e. The minimum atomic E-state index is -0.480. The summed E-state index contributed by atoms with van der Waals surface area (Å²) in [5.74, 6) is 0.0133. The van der Waals surface area contributed by atoms with E-state index in [2.05, 4.69) is 6.92 Å². The van der Waals surface area contributed by atoms with Crippen LogP contribution in [0.1, 0.15) is 25.3 Å². The van der Waals surface area contributed by atoms with E-state index in [9.17, 15) is 4.79 Å². The Bertz CT molecular complexity index is 379. The molecule has 0 saturated carbocycles. The molecule has 4 nitrogen and oxygen atoms in total. The molecule has 2 N–H and O–H groups in total. The molecule has 1 amide bonds. The van der Waals surface area contributed by atoms with Crippen molar-refractivity contribution in [1.29, 1.82) is 0 Å². The molecular weight excluding hydrogens is 288 g/mol. The van der Waals surface area contributed by atoms with Gasteiger partial charge in [-0.25, -0.2) is 0 Å². The van der Waals surface area contributed by atoms with Gasteiger partial charge in [-0.1, -0.05) is 43.7 Å². The van der Waals surface area contributed by atoms with Crippen molar-refractivity contribution in [3.05, 3.63) is 35.9 Å². The van der Waals surface area contributed by atoms with Crippen LogP contribution in [0.2, 0.25) is 0 Å². The molecule has 0 aliphatic heterocycles. The lowest BCUT2D eigenvalue weighted by molar-refractivity contribution is -0.133. The molecule has 0 bridgehead atoms. The Kier molecular flexibility index (Phi) is 10.9. The van der Waals surface area contributed by atoms with Gasteiger partial charge < -0.3 is 15.4 Å².